The van der Waals surface area contributed by atoms with E-state index in [1.807, 2.05) is 0 Å². The first kappa shape index (κ1) is 1.29. The molecule has 0 saturated carbocycles. The number of hydrogen-bond acceptors (Lipinski definition) is 1. The minimum atomic E-state index is -2.33. The maximum Gasteiger partial charge on any atom is 0.303 e. The van der Waals surface area contributed by atoms with Gasteiger partial charge in [-0.05, 0) is 0 Å². The lowest BCUT2D eigenvalue weighted by molar-refractivity contribution is -0.136. The predicted molar refractivity (Wildman–Crippen MR) is 17.9 cm³/mol. The zero-order valence-corrected chi connectivity index (χ0v) is 2.56. The fraction of sp³-hybridized carbons (Fsp3) is 0.667. The van der Waals surface area contributed by atoms with Crippen LogP contribution in [-0.4, -0.2) is 11.1 Å². The van der Waals surface area contributed by atoms with Gasteiger partial charge in [-0.15, -0.1) is 0 Å². The van der Waals surface area contributed by atoms with Crippen molar-refractivity contribution in [1.82, 2.24) is 0 Å². The van der Waals surface area contributed by atoms with E-state index >= 15 is 0 Å². The molecular formula is C3H6O2. The van der Waals surface area contributed by atoms with E-state index in [9.17, 15) is 4.79 Å². The van der Waals surface area contributed by atoms with E-state index in [1.54, 1.807) is 0 Å². The van der Waals surface area contributed by atoms with Crippen LogP contribution in [0, 0.1) is 0 Å². The molecule has 5 heavy (non-hydrogen) atoms. The smallest absolute Gasteiger partial charge is 0.303 e. The molecule has 30 valence electrons. The monoisotopic (exact) mass is 78.1 g/mol. The van der Waals surface area contributed by atoms with Gasteiger partial charge in [-0.1, -0.05) is 6.85 Å². The molecule has 0 fully saturated rings. The summed E-state index contributed by atoms with van der Waals surface area (Å²) in [5, 5.41) is 7.89. The Morgan fingerprint density at radius 2 is 3.00 bits per heavy atom. The maximum atomic E-state index is 9.65. The predicted octanol–water partition coefficient (Wildman–Crippen LogP) is 0.481. The number of rotatable bonds is 1. The lowest BCUT2D eigenvalue weighted by Gasteiger charge is -1.71. The summed E-state index contributed by atoms with van der Waals surface area (Å²) in [6.07, 6.45) is -0.757. The van der Waals surface area contributed by atoms with Crippen LogP contribution in [0.5, 0.6) is 0 Å². The Morgan fingerprint density at radius 1 is 2.40 bits per heavy atom. The van der Waals surface area contributed by atoms with Crippen LogP contribution in [0.15, 0.2) is 0 Å². The minimum absolute atomic E-state index is 0.757. The minimum Gasteiger partial charge on any atom is -0.481 e. The van der Waals surface area contributed by atoms with Crippen molar-refractivity contribution in [2.45, 2.75) is 13.3 Å². The molecule has 0 unspecified atom stereocenters. The van der Waals surface area contributed by atoms with E-state index in [-0.39, 0.29) is 0 Å². The second-order valence-electron chi connectivity index (χ2n) is 0.571. The molecular weight excluding hydrogens is 69.0 g/mol. The van der Waals surface area contributed by atoms with Gasteiger partial charge >= 0.3 is 5.97 Å². The first-order chi connectivity index (χ1) is 3.42. The topological polar surface area (TPSA) is 37.3 Å². The van der Waals surface area contributed by atoms with Gasteiger partial charge in [-0.3, -0.25) is 4.79 Å². The molecule has 0 amide bonds. The summed E-state index contributed by atoms with van der Waals surface area (Å²) in [6, 6.07) is 0. The zero-order chi connectivity index (χ0) is 6.78. The van der Waals surface area contributed by atoms with Crippen molar-refractivity contribution < 1.29 is 14.0 Å². The molecule has 0 rings (SSSR count). The van der Waals surface area contributed by atoms with Gasteiger partial charge in [0.25, 0.3) is 0 Å². The summed E-state index contributed by atoms with van der Waals surface area (Å²) in [5.74, 6) is -1.29. The molecule has 0 spiro atoms. The summed E-state index contributed by atoms with van der Waals surface area (Å²) in [6.45, 7) is -2.33. The Balaban J connectivity index is 3.55. The first-order valence-electron chi connectivity index (χ1n) is 2.63. The Labute approximate surface area is 34.6 Å². The number of carboxylic acids is 1. The van der Waals surface area contributed by atoms with Crippen LogP contribution in [0.3, 0.4) is 0 Å². The summed E-state index contributed by atoms with van der Waals surface area (Å²) in [5.41, 5.74) is 0. The maximum absolute atomic E-state index is 9.65. The van der Waals surface area contributed by atoms with Crippen LogP contribution in [0.2, 0.25) is 0 Å². The standard InChI is InChI=1S/C3H6O2/c1-2-3(4)5/h2H2,1H3,(H,4,5)/i1D3,2+1. The highest BCUT2D eigenvalue weighted by atomic mass is 16.4. The Kier molecular flexibility index (Phi) is 0.452. The molecule has 1 N–H and O–H groups in total. The van der Waals surface area contributed by atoms with E-state index < -0.39 is 19.2 Å². The lowest BCUT2D eigenvalue weighted by Crippen LogP contribution is -1.86. The quantitative estimate of drug-likeness (QED) is 0.463. The van der Waals surface area contributed by atoms with Crippen molar-refractivity contribution in [1.29, 1.82) is 0 Å². The number of carbonyl (C=O) groups is 1. The third-order valence-corrected chi connectivity index (χ3v) is 0.151. The SMILES string of the molecule is [2H]C([2H])([2H])[13CH2]C(=O)O. The molecule has 0 saturated heterocycles. The van der Waals surface area contributed by atoms with E-state index in [0.717, 1.165) is 0 Å². The molecule has 0 atom stereocenters. The lowest BCUT2D eigenvalue weighted by atomic mass is 10.9. The van der Waals surface area contributed by atoms with Crippen LogP contribution in [0.25, 0.3) is 0 Å². The van der Waals surface area contributed by atoms with Gasteiger partial charge in [0.15, 0.2) is 0 Å². The number of hydrogen-bond donors (Lipinski definition) is 1. The van der Waals surface area contributed by atoms with Gasteiger partial charge in [-0.25, -0.2) is 0 Å². The molecule has 0 heterocycles. The van der Waals surface area contributed by atoms with Crippen LogP contribution in [-0.2, 0) is 4.79 Å². The van der Waals surface area contributed by atoms with E-state index in [0.29, 0.717) is 0 Å². The molecule has 0 bridgehead atoms. The molecule has 0 aromatic rings. The third kappa shape index (κ3) is 3.47. The molecule has 0 aromatic heterocycles. The highest BCUT2D eigenvalue weighted by Gasteiger charge is 1.80. The van der Waals surface area contributed by atoms with Crippen molar-refractivity contribution in [2.24, 2.45) is 0 Å². The molecule has 2 nitrogen and oxygen atoms in total. The molecule has 0 aliphatic heterocycles. The van der Waals surface area contributed by atoms with Gasteiger partial charge in [0.1, 0.15) is 0 Å². The van der Waals surface area contributed by atoms with Crippen LogP contribution < -0.4 is 0 Å². The van der Waals surface area contributed by atoms with Crippen molar-refractivity contribution in [2.75, 3.05) is 0 Å². The first-order valence-corrected chi connectivity index (χ1v) is 1.13. The average molecular weight is 78.1 g/mol. The highest BCUT2D eigenvalue weighted by molar-refractivity contribution is 5.66. The van der Waals surface area contributed by atoms with Crippen molar-refractivity contribution in [3.63, 3.8) is 0 Å². The van der Waals surface area contributed by atoms with Crippen molar-refractivity contribution >= 4 is 5.97 Å². The van der Waals surface area contributed by atoms with Crippen molar-refractivity contribution in [3.8, 4) is 0 Å². The van der Waals surface area contributed by atoms with Crippen LogP contribution >= 0.6 is 0 Å². The highest BCUT2D eigenvalue weighted by Crippen LogP contribution is 1.67. The summed E-state index contributed by atoms with van der Waals surface area (Å²) < 4.78 is 19.2. The Morgan fingerprint density at radius 3 is 3.00 bits per heavy atom. The fourth-order valence-electron chi connectivity index (χ4n) is 0. The molecule has 0 aliphatic rings. The van der Waals surface area contributed by atoms with Crippen LogP contribution in [0.1, 0.15) is 17.4 Å². The largest absolute Gasteiger partial charge is 0.481 e. The number of aliphatic carboxylic acids is 1. The summed E-state index contributed by atoms with van der Waals surface area (Å²) in [4.78, 5) is 9.65. The summed E-state index contributed by atoms with van der Waals surface area (Å²) in [7, 11) is 0. The van der Waals surface area contributed by atoms with Crippen LogP contribution in [0.4, 0.5) is 0 Å². The summed E-state index contributed by atoms with van der Waals surface area (Å²) >= 11 is 0. The van der Waals surface area contributed by atoms with Gasteiger partial charge in [-0.2, -0.15) is 0 Å². The second kappa shape index (κ2) is 1.76. The second-order valence-corrected chi connectivity index (χ2v) is 0.571. The Bertz CT molecular complexity index is 95.2. The molecule has 2 heteroatoms. The third-order valence-electron chi connectivity index (χ3n) is 0.151. The van der Waals surface area contributed by atoms with Gasteiger partial charge in [0.05, 0.1) is 0 Å². The normalized spacial score (nSPS) is 18.8. The Hall–Kier alpha value is -0.530. The fourth-order valence-corrected chi connectivity index (χ4v) is 0. The molecule has 0 aromatic carbocycles. The van der Waals surface area contributed by atoms with Gasteiger partial charge in [0, 0.05) is 10.5 Å². The average Bonchev–Trinajstić information content (AvgIpc) is 1.21. The zero-order valence-electron chi connectivity index (χ0n) is 5.56. The van der Waals surface area contributed by atoms with E-state index in [2.05, 4.69) is 0 Å². The van der Waals surface area contributed by atoms with Gasteiger partial charge in [0.2, 0.25) is 0 Å². The van der Waals surface area contributed by atoms with E-state index in [1.165, 1.54) is 0 Å². The van der Waals surface area contributed by atoms with E-state index in [4.69, 9.17) is 9.22 Å². The number of carboxylic acid groups (broad SMARTS) is 1. The molecule has 0 radical (unpaired) electrons. The van der Waals surface area contributed by atoms with Gasteiger partial charge < -0.3 is 5.11 Å². The van der Waals surface area contributed by atoms with Crippen molar-refractivity contribution in [3.05, 3.63) is 0 Å². The molecule has 0 aliphatic carbocycles.